The Morgan fingerprint density at radius 1 is 1.23 bits per heavy atom. The van der Waals surface area contributed by atoms with Crippen LogP contribution in [0.25, 0.3) is 5.57 Å². The van der Waals surface area contributed by atoms with Crippen molar-refractivity contribution in [2.75, 3.05) is 19.0 Å². The van der Waals surface area contributed by atoms with Gasteiger partial charge >= 0.3 is 6.18 Å². The fraction of sp³-hybridized carbons (Fsp3) is 0.273. The second-order valence-corrected chi connectivity index (χ2v) is 7.35. The van der Waals surface area contributed by atoms with Crippen molar-refractivity contribution >= 4 is 17.3 Å². The summed E-state index contributed by atoms with van der Waals surface area (Å²) in [4.78, 5) is 21.9. The molecule has 31 heavy (non-hydrogen) atoms. The molecule has 0 saturated carbocycles. The maximum absolute atomic E-state index is 12.9. The van der Waals surface area contributed by atoms with E-state index in [1.807, 2.05) is 6.92 Å². The summed E-state index contributed by atoms with van der Waals surface area (Å²) in [5.74, 6) is -0.0900. The second kappa shape index (κ2) is 8.60. The molecule has 9 heteroatoms. The number of amides is 1. The van der Waals surface area contributed by atoms with E-state index in [1.54, 1.807) is 37.3 Å². The summed E-state index contributed by atoms with van der Waals surface area (Å²) in [7, 11) is 3.59. The highest BCUT2D eigenvalue weighted by Gasteiger charge is 2.33. The van der Waals surface area contributed by atoms with E-state index in [-0.39, 0.29) is 5.56 Å². The Kier molecular flexibility index (Phi) is 6.11. The lowest BCUT2D eigenvalue weighted by Gasteiger charge is -2.20. The molecule has 6 nitrogen and oxygen atoms in total. The molecule has 0 bridgehead atoms. The number of hydrogen-bond donors (Lipinski definition) is 1. The van der Waals surface area contributed by atoms with Gasteiger partial charge in [0.15, 0.2) is 0 Å². The lowest BCUT2D eigenvalue weighted by Crippen LogP contribution is -2.24. The Balaban J connectivity index is 1.87. The Morgan fingerprint density at radius 2 is 1.97 bits per heavy atom. The van der Waals surface area contributed by atoms with E-state index in [0.29, 0.717) is 29.9 Å². The van der Waals surface area contributed by atoms with Crippen LogP contribution in [0.5, 0.6) is 0 Å². The molecule has 2 aromatic heterocycles. The van der Waals surface area contributed by atoms with Gasteiger partial charge in [0, 0.05) is 43.3 Å². The minimum absolute atomic E-state index is 0.125. The van der Waals surface area contributed by atoms with Gasteiger partial charge in [-0.2, -0.15) is 18.4 Å². The van der Waals surface area contributed by atoms with E-state index in [9.17, 15) is 23.2 Å². The number of carbonyl (C=O) groups is 1. The molecular formula is C22H20F3N5O. The highest BCUT2D eigenvalue weighted by atomic mass is 19.4. The minimum Gasteiger partial charge on any atom is -0.362 e. The summed E-state index contributed by atoms with van der Waals surface area (Å²) in [6.07, 6.45) is 0.960. The lowest BCUT2D eigenvalue weighted by atomic mass is 9.91. The average Bonchev–Trinajstić information content (AvgIpc) is 2.74. The summed E-state index contributed by atoms with van der Waals surface area (Å²) in [5, 5.41) is 12.1. The van der Waals surface area contributed by atoms with Crippen molar-refractivity contribution < 1.29 is 18.0 Å². The van der Waals surface area contributed by atoms with Crippen molar-refractivity contribution in [1.82, 2.24) is 15.3 Å². The third-order valence-corrected chi connectivity index (χ3v) is 4.86. The van der Waals surface area contributed by atoms with Crippen LogP contribution < -0.4 is 10.2 Å². The van der Waals surface area contributed by atoms with Gasteiger partial charge in [-0.1, -0.05) is 5.57 Å². The number of allylic oxidation sites excluding steroid dienone is 4. The van der Waals surface area contributed by atoms with Gasteiger partial charge in [-0.15, -0.1) is 0 Å². The quantitative estimate of drug-likeness (QED) is 0.786. The van der Waals surface area contributed by atoms with Crippen molar-refractivity contribution in [1.29, 1.82) is 5.26 Å². The zero-order valence-corrected chi connectivity index (χ0v) is 17.2. The number of pyridine rings is 2. The summed E-state index contributed by atoms with van der Waals surface area (Å²) in [6, 6.07) is 5.84. The maximum Gasteiger partial charge on any atom is 0.433 e. The van der Waals surface area contributed by atoms with E-state index < -0.39 is 17.8 Å². The van der Waals surface area contributed by atoms with Crippen LogP contribution in [0.4, 0.5) is 19.0 Å². The van der Waals surface area contributed by atoms with Crippen LogP contribution in [0.1, 0.15) is 46.9 Å². The summed E-state index contributed by atoms with van der Waals surface area (Å²) < 4.78 is 38.6. The molecular weight excluding hydrogens is 407 g/mol. The number of rotatable bonds is 4. The van der Waals surface area contributed by atoms with Gasteiger partial charge in [0.1, 0.15) is 17.6 Å². The lowest BCUT2D eigenvalue weighted by molar-refractivity contribution is -0.141. The van der Waals surface area contributed by atoms with Crippen LogP contribution in [-0.4, -0.2) is 30.0 Å². The monoisotopic (exact) mass is 427 g/mol. The molecule has 1 aliphatic carbocycles. The summed E-state index contributed by atoms with van der Waals surface area (Å²) >= 11 is 0. The third kappa shape index (κ3) is 4.91. The molecule has 0 fully saturated rings. The molecule has 2 heterocycles. The first kappa shape index (κ1) is 22.0. The van der Waals surface area contributed by atoms with Crippen molar-refractivity contribution in [3.63, 3.8) is 0 Å². The van der Waals surface area contributed by atoms with Crippen molar-refractivity contribution in [3.05, 3.63) is 70.3 Å². The van der Waals surface area contributed by atoms with Gasteiger partial charge in [0.05, 0.1) is 5.56 Å². The van der Waals surface area contributed by atoms with E-state index >= 15 is 0 Å². The molecule has 1 N–H and O–H groups in total. The molecule has 0 atom stereocenters. The van der Waals surface area contributed by atoms with Crippen molar-refractivity contribution in [2.24, 2.45) is 0 Å². The minimum atomic E-state index is -4.63. The Labute approximate surface area is 177 Å². The predicted octanol–water partition coefficient (Wildman–Crippen LogP) is 4.31. The molecule has 2 aromatic rings. The van der Waals surface area contributed by atoms with Gasteiger partial charge in [0.2, 0.25) is 0 Å². The number of alkyl halides is 3. The molecule has 1 aliphatic rings. The summed E-state index contributed by atoms with van der Waals surface area (Å²) in [6.45, 7) is 1.95. The number of nitrogens with zero attached hydrogens (tertiary/aromatic N) is 4. The molecule has 3 rings (SSSR count). The van der Waals surface area contributed by atoms with Gasteiger partial charge in [-0.25, -0.2) is 4.98 Å². The number of hydrogen-bond acceptors (Lipinski definition) is 5. The van der Waals surface area contributed by atoms with Crippen LogP contribution >= 0.6 is 0 Å². The standard InChI is InChI=1S/C22H20F3N5O/c1-13-4-5-17(29-21(31)14-6-7-27-19(9-14)22(23,24)25)10-18(13)16-8-15(11-26)20(28-12-16)30(2)3/h6-10,12H,4-5H2,1-3H3,(H,29,31). The first-order valence-corrected chi connectivity index (χ1v) is 9.43. The zero-order valence-electron chi connectivity index (χ0n) is 17.2. The number of nitriles is 1. The van der Waals surface area contributed by atoms with Gasteiger partial charge < -0.3 is 10.2 Å². The highest BCUT2D eigenvalue weighted by molar-refractivity contribution is 5.96. The molecule has 1 amide bonds. The number of nitrogens with one attached hydrogen (secondary N) is 1. The Morgan fingerprint density at radius 3 is 2.61 bits per heavy atom. The number of carbonyl (C=O) groups excluding carboxylic acids is 1. The smallest absolute Gasteiger partial charge is 0.362 e. The van der Waals surface area contributed by atoms with Crippen molar-refractivity contribution in [2.45, 2.75) is 25.9 Å². The van der Waals surface area contributed by atoms with Crippen LogP contribution in [-0.2, 0) is 6.18 Å². The van der Waals surface area contributed by atoms with Crippen LogP contribution in [0.2, 0.25) is 0 Å². The van der Waals surface area contributed by atoms with Crippen LogP contribution in [0, 0.1) is 11.3 Å². The SMILES string of the molecule is CC1=C(c2cnc(N(C)C)c(C#N)c2)C=C(NC(=O)c2ccnc(C(F)(F)F)c2)CC1. The largest absolute Gasteiger partial charge is 0.433 e. The zero-order chi connectivity index (χ0) is 22.8. The predicted molar refractivity (Wildman–Crippen MR) is 110 cm³/mol. The van der Waals surface area contributed by atoms with Crippen molar-refractivity contribution in [3.8, 4) is 6.07 Å². The normalized spacial score (nSPS) is 14.0. The van der Waals surface area contributed by atoms with E-state index in [0.717, 1.165) is 29.0 Å². The molecule has 0 saturated heterocycles. The van der Waals surface area contributed by atoms with Gasteiger partial charge in [-0.05, 0) is 49.6 Å². The molecule has 160 valence electrons. The van der Waals surface area contributed by atoms with E-state index in [2.05, 4.69) is 21.4 Å². The molecule has 0 spiro atoms. The molecule has 0 radical (unpaired) electrons. The fourth-order valence-corrected chi connectivity index (χ4v) is 3.24. The second-order valence-electron chi connectivity index (χ2n) is 7.35. The topological polar surface area (TPSA) is 81.9 Å². The summed E-state index contributed by atoms with van der Waals surface area (Å²) in [5.41, 5.74) is 2.36. The average molecular weight is 427 g/mol. The first-order valence-electron chi connectivity index (χ1n) is 9.43. The highest BCUT2D eigenvalue weighted by Crippen LogP contribution is 2.32. The molecule has 0 aliphatic heterocycles. The number of anilines is 1. The number of halogens is 3. The third-order valence-electron chi connectivity index (χ3n) is 4.86. The van der Waals surface area contributed by atoms with Gasteiger partial charge in [0.25, 0.3) is 5.91 Å². The molecule has 0 aromatic carbocycles. The maximum atomic E-state index is 12.9. The number of aromatic nitrogens is 2. The van der Waals surface area contributed by atoms with Crippen LogP contribution in [0.3, 0.4) is 0 Å². The molecule has 0 unspecified atom stereocenters. The Bertz CT molecular complexity index is 1130. The van der Waals surface area contributed by atoms with E-state index in [1.165, 1.54) is 6.07 Å². The van der Waals surface area contributed by atoms with Gasteiger partial charge in [-0.3, -0.25) is 9.78 Å². The first-order chi connectivity index (χ1) is 14.6. The van der Waals surface area contributed by atoms with Crippen LogP contribution in [0.15, 0.2) is 47.9 Å². The van der Waals surface area contributed by atoms with E-state index in [4.69, 9.17) is 0 Å². The fourth-order valence-electron chi connectivity index (χ4n) is 3.24. The Hall–Kier alpha value is -3.67.